The van der Waals surface area contributed by atoms with Crippen molar-refractivity contribution in [3.63, 3.8) is 0 Å². The van der Waals surface area contributed by atoms with E-state index in [0.717, 1.165) is 19.7 Å². The number of phenols is 1. The predicted molar refractivity (Wildman–Crippen MR) is 82.5 cm³/mol. The van der Waals surface area contributed by atoms with Crippen LogP contribution < -0.4 is 5.32 Å². The summed E-state index contributed by atoms with van der Waals surface area (Å²) in [6.07, 6.45) is 2.51. The minimum atomic E-state index is -0.190. The maximum absolute atomic E-state index is 12.1. The van der Waals surface area contributed by atoms with Gasteiger partial charge in [0.25, 0.3) is 5.91 Å². The quantitative estimate of drug-likeness (QED) is 0.867. The Labute approximate surface area is 132 Å². The number of carbonyl (C=O) groups is 1. The van der Waals surface area contributed by atoms with E-state index in [2.05, 4.69) is 26.1 Å². The number of nitrogens with zero attached hydrogens (tertiary/aromatic N) is 1. The summed E-state index contributed by atoms with van der Waals surface area (Å²) >= 11 is 3.20. The smallest absolute Gasteiger partial charge is 0.251 e. The van der Waals surface area contributed by atoms with E-state index < -0.39 is 0 Å². The van der Waals surface area contributed by atoms with Crippen molar-refractivity contribution in [2.45, 2.75) is 25.0 Å². The lowest BCUT2D eigenvalue weighted by Crippen LogP contribution is -2.50. The van der Waals surface area contributed by atoms with Crippen LogP contribution in [0.25, 0.3) is 0 Å². The molecule has 2 unspecified atom stereocenters. The predicted octanol–water partition coefficient (Wildman–Crippen LogP) is 1.75. The molecule has 2 atom stereocenters. The number of amides is 1. The van der Waals surface area contributed by atoms with Gasteiger partial charge in [-0.15, -0.1) is 0 Å². The van der Waals surface area contributed by atoms with Gasteiger partial charge in [0, 0.05) is 24.7 Å². The molecule has 1 aromatic carbocycles. The number of halogens is 1. The van der Waals surface area contributed by atoms with Crippen LogP contribution in [-0.2, 0) is 4.74 Å². The van der Waals surface area contributed by atoms with Gasteiger partial charge in [0.1, 0.15) is 5.75 Å². The maximum atomic E-state index is 12.1. The first-order valence-corrected chi connectivity index (χ1v) is 8.05. The maximum Gasteiger partial charge on any atom is 0.251 e. The molecule has 2 saturated heterocycles. The Morgan fingerprint density at radius 3 is 3.19 bits per heavy atom. The van der Waals surface area contributed by atoms with Crippen molar-refractivity contribution in [2.75, 3.05) is 26.2 Å². The first kappa shape index (κ1) is 14.8. The summed E-state index contributed by atoms with van der Waals surface area (Å²) < 4.78 is 6.39. The highest BCUT2D eigenvalue weighted by Crippen LogP contribution is 2.24. The van der Waals surface area contributed by atoms with E-state index >= 15 is 0 Å². The molecular weight excluding hydrogens is 336 g/mol. The topological polar surface area (TPSA) is 61.8 Å². The van der Waals surface area contributed by atoms with Crippen molar-refractivity contribution < 1.29 is 14.6 Å². The summed E-state index contributed by atoms with van der Waals surface area (Å²) in [7, 11) is 0. The molecule has 3 rings (SSSR count). The molecule has 0 aliphatic carbocycles. The Morgan fingerprint density at radius 1 is 1.52 bits per heavy atom. The van der Waals surface area contributed by atoms with E-state index in [1.807, 2.05) is 0 Å². The third kappa shape index (κ3) is 3.39. The molecule has 5 nitrogen and oxygen atoms in total. The summed E-state index contributed by atoms with van der Waals surface area (Å²) in [6.45, 7) is 3.29. The first-order valence-electron chi connectivity index (χ1n) is 7.26. The fourth-order valence-corrected chi connectivity index (χ4v) is 3.22. The monoisotopic (exact) mass is 354 g/mol. The molecule has 2 aliphatic rings. The molecule has 1 amide bonds. The second-order valence-corrected chi connectivity index (χ2v) is 6.48. The van der Waals surface area contributed by atoms with Gasteiger partial charge in [0.05, 0.1) is 17.2 Å². The van der Waals surface area contributed by atoms with Crippen LogP contribution in [0.5, 0.6) is 5.75 Å². The number of fused-ring (bicyclic) bond motifs is 1. The van der Waals surface area contributed by atoms with E-state index in [1.165, 1.54) is 18.9 Å². The van der Waals surface area contributed by atoms with Gasteiger partial charge >= 0.3 is 0 Å². The van der Waals surface area contributed by atoms with Gasteiger partial charge in [-0.05, 0) is 53.5 Å². The number of rotatable bonds is 3. The molecule has 0 bridgehead atoms. The lowest BCUT2D eigenvalue weighted by molar-refractivity contribution is -0.0461. The Hall–Kier alpha value is -1.11. The fraction of sp³-hybridized carbons (Fsp3) is 0.533. The van der Waals surface area contributed by atoms with Crippen LogP contribution in [0.1, 0.15) is 23.2 Å². The lowest BCUT2D eigenvalue weighted by Gasteiger charge is -2.35. The number of ether oxygens (including phenoxy) is 1. The Balaban J connectivity index is 1.52. The standard InChI is InChI=1S/C15H19BrN2O3/c16-13-4-3-10(6-14(13)19)15(20)17-7-12-8-18-5-1-2-11(18)9-21-12/h3-4,6,11-12,19H,1-2,5,7-9H2,(H,17,20). The van der Waals surface area contributed by atoms with Gasteiger partial charge in [-0.2, -0.15) is 0 Å². The largest absolute Gasteiger partial charge is 0.507 e. The summed E-state index contributed by atoms with van der Waals surface area (Å²) in [5.41, 5.74) is 0.450. The third-order valence-corrected chi connectivity index (χ3v) is 4.83. The number of hydrogen-bond donors (Lipinski definition) is 2. The number of phenolic OH excluding ortho intramolecular Hbond substituents is 1. The van der Waals surface area contributed by atoms with Crippen molar-refractivity contribution in [3.05, 3.63) is 28.2 Å². The van der Waals surface area contributed by atoms with E-state index in [9.17, 15) is 9.90 Å². The van der Waals surface area contributed by atoms with Crippen molar-refractivity contribution >= 4 is 21.8 Å². The molecule has 0 spiro atoms. The van der Waals surface area contributed by atoms with Gasteiger partial charge in [-0.25, -0.2) is 0 Å². The summed E-state index contributed by atoms with van der Waals surface area (Å²) in [5.74, 6) is -0.124. The van der Waals surface area contributed by atoms with Crippen LogP contribution in [0.3, 0.4) is 0 Å². The molecule has 2 heterocycles. The average molecular weight is 355 g/mol. The van der Waals surface area contributed by atoms with Crippen LogP contribution in [0.4, 0.5) is 0 Å². The van der Waals surface area contributed by atoms with Gasteiger partial charge < -0.3 is 15.2 Å². The van der Waals surface area contributed by atoms with E-state index in [0.29, 0.717) is 22.6 Å². The van der Waals surface area contributed by atoms with Crippen LogP contribution in [0.15, 0.2) is 22.7 Å². The molecule has 114 valence electrons. The number of benzene rings is 1. The average Bonchev–Trinajstić information content (AvgIpc) is 2.95. The van der Waals surface area contributed by atoms with Crippen molar-refractivity contribution in [1.29, 1.82) is 0 Å². The van der Waals surface area contributed by atoms with Crippen molar-refractivity contribution in [3.8, 4) is 5.75 Å². The van der Waals surface area contributed by atoms with E-state index in [-0.39, 0.29) is 17.8 Å². The second kappa shape index (κ2) is 6.34. The van der Waals surface area contributed by atoms with Gasteiger partial charge in [-0.1, -0.05) is 0 Å². The Bertz CT molecular complexity index is 538. The van der Waals surface area contributed by atoms with Crippen LogP contribution >= 0.6 is 15.9 Å². The van der Waals surface area contributed by atoms with E-state index in [4.69, 9.17) is 4.74 Å². The van der Waals surface area contributed by atoms with E-state index in [1.54, 1.807) is 12.1 Å². The summed E-state index contributed by atoms with van der Waals surface area (Å²) in [5, 5.41) is 12.5. The zero-order valence-electron chi connectivity index (χ0n) is 11.7. The molecule has 2 fully saturated rings. The molecule has 2 N–H and O–H groups in total. The molecule has 21 heavy (non-hydrogen) atoms. The summed E-state index contributed by atoms with van der Waals surface area (Å²) in [4.78, 5) is 14.5. The van der Waals surface area contributed by atoms with Crippen LogP contribution in [0, 0.1) is 0 Å². The highest BCUT2D eigenvalue weighted by atomic mass is 79.9. The number of morpholine rings is 1. The Kier molecular flexibility index (Phi) is 4.47. The minimum absolute atomic E-state index is 0.0485. The molecule has 6 heteroatoms. The zero-order chi connectivity index (χ0) is 14.8. The van der Waals surface area contributed by atoms with Crippen molar-refractivity contribution in [1.82, 2.24) is 10.2 Å². The fourth-order valence-electron chi connectivity index (χ4n) is 2.97. The van der Waals surface area contributed by atoms with Crippen LogP contribution in [-0.4, -0.2) is 54.3 Å². The molecule has 1 aromatic rings. The number of hydrogen-bond acceptors (Lipinski definition) is 4. The number of nitrogens with one attached hydrogen (secondary N) is 1. The highest BCUT2D eigenvalue weighted by molar-refractivity contribution is 9.10. The molecule has 0 aromatic heterocycles. The lowest BCUT2D eigenvalue weighted by atomic mass is 10.1. The first-order chi connectivity index (χ1) is 10.1. The molecular formula is C15H19BrN2O3. The third-order valence-electron chi connectivity index (χ3n) is 4.16. The van der Waals surface area contributed by atoms with Crippen LogP contribution in [0.2, 0.25) is 0 Å². The van der Waals surface area contributed by atoms with Gasteiger partial charge in [0.2, 0.25) is 0 Å². The SMILES string of the molecule is O=C(NCC1CN2CCCC2CO1)c1ccc(Br)c(O)c1. The normalized spacial score (nSPS) is 25.6. The van der Waals surface area contributed by atoms with Crippen molar-refractivity contribution in [2.24, 2.45) is 0 Å². The molecule has 0 saturated carbocycles. The number of carbonyl (C=O) groups excluding carboxylic acids is 1. The minimum Gasteiger partial charge on any atom is -0.507 e. The highest BCUT2D eigenvalue weighted by Gasteiger charge is 2.32. The van der Waals surface area contributed by atoms with Gasteiger partial charge in [0.15, 0.2) is 0 Å². The number of aromatic hydroxyl groups is 1. The van der Waals surface area contributed by atoms with Gasteiger partial charge in [-0.3, -0.25) is 9.69 Å². The molecule has 2 aliphatic heterocycles. The second-order valence-electron chi connectivity index (χ2n) is 5.62. The molecule has 0 radical (unpaired) electrons. The zero-order valence-corrected chi connectivity index (χ0v) is 13.3. The Morgan fingerprint density at radius 2 is 2.38 bits per heavy atom. The summed E-state index contributed by atoms with van der Waals surface area (Å²) in [6, 6.07) is 5.37.